The number of aliphatic hydroxyl groups is 1. The molecule has 27 heavy (non-hydrogen) atoms. The van der Waals surface area contributed by atoms with Crippen LogP contribution in [0.4, 0.5) is 0 Å². The van der Waals surface area contributed by atoms with Crippen molar-refractivity contribution in [1.29, 1.82) is 0 Å². The highest BCUT2D eigenvalue weighted by Crippen LogP contribution is 2.16. The number of carboxylic acid groups (broad SMARTS) is 2. The Kier molecular flexibility index (Phi) is 15.9. The SMILES string of the molecule is CCCCCCCCCCCCCCCCC=CC(O)(CC(=O)O)C(=O)O. The summed E-state index contributed by atoms with van der Waals surface area (Å²) in [5.74, 6) is -2.86. The van der Waals surface area contributed by atoms with Gasteiger partial charge in [-0.15, -0.1) is 0 Å². The molecule has 0 fully saturated rings. The van der Waals surface area contributed by atoms with E-state index in [0.29, 0.717) is 6.42 Å². The van der Waals surface area contributed by atoms with Gasteiger partial charge in [-0.3, -0.25) is 4.79 Å². The number of hydrogen-bond donors (Lipinski definition) is 3. The summed E-state index contributed by atoms with van der Waals surface area (Å²) in [4.78, 5) is 21.6. The van der Waals surface area contributed by atoms with Crippen LogP contribution in [-0.2, 0) is 9.59 Å². The lowest BCUT2D eigenvalue weighted by Gasteiger charge is -2.16. The predicted molar refractivity (Wildman–Crippen MR) is 109 cm³/mol. The fraction of sp³-hybridized carbons (Fsp3) is 0.818. The van der Waals surface area contributed by atoms with Gasteiger partial charge in [0, 0.05) is 0 Å². The van der Waals surface area contributed by atoms with Crippen molar-refractivity contribution >= 4 is 11.9 Å². The Bertz CT molecular complexity index is 419. The van der Waals surface area contributed by atoms with Crippen molar-refractivity contribution in [1.82, 2.24) is 0 Å². The zero-order valence-corrected chi connectivity index (χ0v) is 17.1. The molecule has 0 amide bonds. The summed E-state index contributed by atoms with van der Waals surface area (Å²) in [7, 11) is 0. The third kappa shape index (κ3) is 15.4. The van der Waals surface area contributed by atoms with Crippen LogP contribution in [0.1, 0.15) is 110 Å². The lowest BCUT2D eigenvalue weighted by molar-refractivity contribution is -0.160. The number of aliphatic carboxylic acids is 2. The Morgan fingerprint density at radius 2 is 1.15 bits per heavy atom. The average Bonchev–Trinajstić information content (AvgIpc) is 2.60. The molecule has 0 radical (unpaired) electrons. The van der Waals surface area contributed by atoms with Gasteiger partial charge in [0.2, 0.25) is 0 Å². The number of unbranched alkanes of at least 4 members (excludes halogenated alkanes) is 14. The van der Waals surface area contributed by atoms with Crippen LogP contribution >= 0.6 is 0 Å². The van der Waals surface area contributed by atoms with E-state index in [-0.39, 0.29) is 0 Å². The highest BCUT2D eigenvalue weighted by molar-refractivity contribution is 5.85. The standard InChI is InChI=1S/C22H40O5/c1-2-3-4-5-6-7-8-9-10-11-12-13-14-15-16-17-18-22(27,21(25)26)19-20(23)24/h17-18,27H,2-16,19H2,1H3,(H,23,24)(H,25,26). The number of allylic oxidation sites excluding steroid dienone is 1. The average molecular weight is 385 g/mol. The molecule has 5 heteroatoms. The van der Waals surface area contributed by atoms with Gasteiger partial charge in [0.15, 0.2) is 5.60 Å². The predicted octanol–water partition coefficient (Wildman–Crippen LogP) is 5.70. The molecule has 158 valence electrons. The lowest BCUT2D eigenvalue weighted by Crippen LogP contribution is -2.38. The minimum atomic E-state index is -2.30. The van der Waals surface area contributed by atoms with E-state index in [1.54, 1.807) is 6.08 Å². The Morgan fingerprint density at radius 1 is 0.741 bits per heavy atom. The maximum Gasteiger partial charge on any atom is 0.340 e. The summed E-state index contributed by atoms with van der Waals surface area (Å²) in [6.45, 7) is 2.25. The highest BCUT2D eigenvalue weighted by atomic mass is 16.4. The second kappa shape index (κ2) is 16.8. The largest absolute Gasteiger partial charge is 0.481 e. The lowest BCUT2D eigenvalue weighted by atomic mass is 9.98. The summed E-state index contributed by atoms with van der Waals surface area (Å²) in [5.41, 5.74) is -2.30. The second-order valence-electron chi connectivity index (χ2n) is 7.59. The smallest absolute Gasteiger partial charge is 0.340 e. The Hall–Kier alpha value is -1.36. The first-order valence-corrected chi connectivity index (χ1v) is 10.8. The minimum Gasteiger partial charge on any atom is -0.481 e. The normalized spacial score (nSPS) is 13.7. The van der Waals surface area contributed by atoms with Crippen molar-refractivity contribution in [2.45, 2.75) is 115 Å². The van der Waals surface area contributed by atoms with Crippen LogP contribution in [0.25, 0.3) is 0 Å². The summed E-state index contributed by atoms with van der Waals surface area (Å²) in [5, 5.41) is 27.4. The van der Waals surface area contributed by atoms with Crippen LogP contribution in [0.3, 0.4) is 0 Å². The van der Waals surface area contributed by atoms with E-state index in [0.717, 1.165) is 18.9 Å². The summed E-state index contributed by atoms with van der Waals surface area (Å²) in [6, 6.07) is 0. The zero-order valence-electron chi connectivity index (χ0n) is 17.1. The van der Waals surface area contributed by atoms with Crippen LogP contribution in [0.5, 0.6) is 0 Å². The van der Waals surface area contributed by atoms with Crippen LogP contribution < -0.4 is 0 Å². The van der Waals surface area contributed by atoms with Gasteiger partial charge in [0.05, 0.1) is 6.42 Å². The van der Waals surface area contributed by atoms with Crippen LogP contribution in [-0.4, -0.2) is 32.9 Å². The van der Waals surface area contributed by atoms with Crippen molar-refractivity contribution in [3.63, 3.8) is 0 Å². The van der Waals surface area contributed by atoms with Gasteiger partial charge in [0.1, 0.15) is 0 Å². The monoisotopic (exact) mass is 384 g/mol. The number of carboxylic acids is 2. The summed E-state index contributed by atoms with van der Waals surface area (Å²) < 4.78 is 0. The molecule has 1 unspecified atom stereocenters. The van der Waals surface area contributed by atoms with E-state index >= 15 is 0 Å². The molecular formula is C22H40O5. The molecule has 0 saturated carbocycles. The minimum absolute atomic E-state index is 0.660. The Balaban J connectivity index is 3.51. The van der Waals surface area contributed by atoms with E-state index < -0.39 is 24.0 Å². The van der Waals surface area contributed by atoms with E-state index in [9.17, 15) is 14.7 Å². The molecule has 0 bridgehead atoms. The number of rotatable bonds is 19. The van der Waals surface area contributed by atoms with E-state index in [2.05, 4.69) is 6.92 Å². The van der Waals surface area contributed by atoms with Crippen molar-refractivity contribution in [3.05, 3.63) is 12.2 Å². The van der Waals surface area contributed by atoms with Crippen LogP contribution in [0.2, 0.25) is 0 Å². The molecule has 1 atom stereocenters. The fourth-order valence-electron chi connectivity index (χ4n) is 3.17. The van der Waals surface area contributed by atoms with Gasteiger partial charge in [-0.05, 0) is 18.9 Å². The van der Waals surface area contributed by atoms with Gasteiger partial charge in [0.25, 0.3) is 0 Å². The Labute approximate surface area is 164 Å². The molecule has 0 rings (SSSR count). The molecule has 5 nitrogen and oxygen atoms in total. The zero-order chi connectivity index (χ0) is 20.4. The van der Waals surface area contributed by atoms with Gasteiger partial charge in [-0.2, -0.15) is 0 Å². The van der Waals surface area contributed by atoms with Crippen molar-refractivity contribution < 1.29 is 24.9 Å². The molecule has 0 aliphatic heterocycles. The first-order valence-electron chi connectivity index (χ1n) is 10.8. The van der Waals surface area contributed by atoms with Crippen LogP contribution in [0, 0.1) is 0 Å². The van der Waals surface area contributed by atoms with Crippen LogP contribution in [0.15, 0.2) is 12.2 Å². The first kappa shape index (κ1) is 25.6. The quantitative estimate of drug-likeness (QED) is 0.196. The molecule has 0 saturated heterocycles. The third-order valence-corrected chi connectivity index (χ3v) is 4.91. The number of hydrogen-bond acceptors (Lipinski definition) is 3. The first-order chi connectivity index (χ1) is 12.9. The van der Waals surface area contributed by atoms with Gasteiger partial charge in [-0.25, -0.2) is 4.79 Å². The van der Waals surface area contributed by atoms with Crippen molar-refractivity contribution in [2.75, 3.05) is 0 Å². The van der Waals surface area contributed by atoms with E-state index in [1.807, 2.05) is 0 Å². The molecule has 0 aromatic carbocycles. The molecule has 0 aromatic rings. The maximum atomic E-state index is 11.0. The molecule has 0 spiro atoms. The van der Waals surface area contributed by atoms with E-state index in [1.165, 1.54) is 77.0 Å². The number of carbonyl (C=O) groups is 2. The van der Waals surface area contributed by atoms with E-state index in [4.69, 9.17) is 10.2 Å². The fourth-order valence-corrected chi connectivity index (χ4v) is 3.17. The molecule has 0 aromatic heterocycles. The molecule has 0 heterocycles. The maximum absolute atomic E-state index is 11.0. The summed E-state index contributed by atoms with van der Waals surface area (Å²) >= 11 is 0. The van der Waals surface area contributed by atoms with Gasteiger partial charge in [-0.1, -0.05) is 96.5 Å². The topological polar surface area (TPSA) is 94.8 Å². The van der Waals surface area contributed by atoms with Crippen molar-refractivity contribution in [2.24, 2.45) is 0 Å². The Morgan fingerprint density at radius 3 is 1.52 bits per heavy atom. The molecule has 0 aliphatic carbocycles. The summed E-state index contributed by atoms with van der Waals surface area (Å²) in [6.07, 6.45) is 20.5. The molecular weight excluding hydrogens is 344 g/mol. The van der Waals surface area contributed by atoms with Gasteiger partial charge < -0.3 is 15.3 Å². The molecule has 0 aliphatic rings. The highest BCUT2D eigenvalue weighted by Gasteiger charge is 2.35. The molecule has 3 N–H and O–H groups in total. The van der Waals surface area contributed by atoms with Crippen molar-refractivity contribution in [3.8, 4) is 0 Å². The second-order valence-corrected chi connectivity index (χ2v) is 7.59. The van der Waals surface area contributed by atoms with Gasteiger partial charge >= 0.3 is 11.9 Å². The third-order valence-electron chi connectivity index (χ3n) is 4.91.